The first-order valence-corrected chi connectivity index (χ1v) is 7.16. The number of halogens is 2. The van der Waals surface area contributed by atoms with Crippen LogP contribution in [0, 0.1) is 0 Å². The topological polar surface area (TPSA) is 41.1 Å². The van der Waals surface area contributed by atoms with Gasteiger partial charge in [-0.3, -0.25) is 4.79 Å². The minimum Gasteiger partial charge on any atom is -0.354 e. The zero-order valence-electron chi connectivity index (χ0n) is 11.3. The van der Waals surface area contributed by atoms with Gasteiger partial charge in [0.2, 0.25) is 5.91 Å². The highest BCUT2D eigenvalue weighted by atomic mass is 35.5. The van der Waals surface area contributed by atoms with Crippen LogP contribution in [0.15, 0.2) is 29.2 Å². The molecular formula is C13H20Cl2N2OS. The third kappa shape index (κ3) is 6.52. The highest BCUT2D eigenvalue weighted by Gasteiger charge is 2.15. The standard InChI is InChI=1S/C13H19ClN2OS.ClH/c1-9(15-3)8-16-13(17)10(2)18-12-7-5-4-6-11(12)14;/h4-7,9-10,15H,8H2,1-3H3,(H,16,17);1H. The van der Waals surface area contributed by atoms with Crippen molar-refractivity contribution in [2.24, 2.45) is 0 Å². The maximum atomic E-state index is 11.9. The van der Waals surface area contributed by atoms with Crippen LogP contribution in [0.2, 0.25) is 5.02 Å². The first-order valence-electron chi connectivity index (χ1n) is 5.90. The summed E-state index contributed by atoms with van der Waals surface area (Å²) in [7, 11) is 1.87. The van der Waals surface area contributed by atoms with Crippen molar-refractivity contribution in [2.45, 2.75) is 30.0 Å². The molecule has 0 radical (unpaired) electrons. The number of carbonyl (C=O) groups is 1. The van der Waals surface area contributed by atoms with Crippen LogP contribution < -0.4 is 10.6 Å². The lowest BCUT2D eigenvalue weighted by atomic mass is 10.3. The van der Waals surface area contributed by atoms with Gasteiger partial charge in [0.1, 0.15) is 0 Å². The van der Waals surface area contributed by atoms with Crippen LogP contribution in [0.3, 0.4) is 0 Å². The van der Waals surface area contributed by atoms with Crippen LogP contribution in [0.25, 0.3) is 0 Å². The molecule has 1 rings (SSSR count). The van der Waals surface area contributed by atoms with E-state index in [0.717, 1.165) is 4.90 Å². The molecule has 2 atom stereocenters. The maximum Gasteiger partial charge on any atom is 0.233 e. The quantitative estimate of drug-likeness (QED) is 0.791. The van der Waals surface area contributed by atoms with Gasteiger partial charge in [-0.05, 0) is 33.0 Å². The van der Waals surface area contributed by atoms with Crippen molar-refractivity contribution in [2.75, 3.05) is 13.6 Å². The molecule has 0 heterocycles. The molecular weight excluding hydrogens is 303 g/mol. The summed E-state index contributed by atoms with van der Waals surface area (Å²) in [5.74, 6) is 0.0296. The van der Waals surface area contributed by atoms with E-state index in [-0.39, 0.29) is 29.6 Å². The van der Waals surface area contributed by atoms with Crippen LogP contribution in [-0.4, -0.2) is 30.8 Å². The molecule has 0 aliphatic rings. The van der Waals surface area contributed by atoms with Gasteiger partial charge in [-0.15, -0.1) is 24.2 Å². The Labute approximate surface area is 130 Å². The molecule has 3 nitrogen and oxygen atoms in total. The van der Waals surface area contributed by atoms with E-state index in [1.807, 2.05) is 45.2 Å². The van der Waals surface area contributed by atoms with Crippen LogP contribution in [-0.2, 0) is 4.79 Å². The lowest BCUT2D eigenvalue weighted by Gasteiger charge is -2.15. The largest absolute Gasteiger partial charge is 0.354 e. The normalized spacial score (nSPS) is 13.3. The molecule has 0 bridgehead atoms. The van der Waals surface area contributed by atoms with E-state index in [0.29, 0.717) is 11.6 Å². The lowest BCUT2D eigenvalue weighted by Crippen LogP contribution is -2.40. The Balaban J connectivity index is 0.00000324. The van der Waals surface area contributed by atoms with E-state index >= 15 is 0 Å². The molecule has 108 valence electrons. The van der Waals surface area contributed by atoms with Crippen LogP contribution >= 0.6 is 35.8 Å². The van der Waals surface area contributed by atoms with Crippen molar-refractivity contribution in [3.8, 4) is 0 Å². The Bertz CT molecular complexity index is 404. The summed E-state index contributed by atoms with van der Waals surface area (Å²) in [6.07, 6.45) is 0. The Hall–Kier alpha value is -0.420. The SMILES string of the molecule is CNC(C)CNC(=O)C(C)Sc1ccccc1Cl.Cl. The van der Waals surface area contributed by atoms with Crippen LogP contribution in [0.4, 0.5) is 0 Å². The highest BCUT2D eigenvalue weighted by molar-refractivity contribution is 8.00. The first kappa shape index (κ1) is 18.6. The third-order valence-corrected chi connectivity index (χ3v) is 4.20. The van der Waals surface area contributed by atoms with Crippen molar-refractivity contribution in [3.05, 3.63) is 29.3 Å². The molecule has 0 saturated heterocycles. The molecule has 1 aromatic carbocycles. The first-order chi connectivity index (χ1) is 8.54. The Morgan fingerprint density at radius 1 is 1.37 bits per heavy atom. The summed E-state index contributed by atoms with van der Waals surface area (Å²) in [5, 5.41) is 6.51. The van der Waals surface area contributed by atoms with Crippen LogP contribution in [0.1, 0.15) is 13.8 Å². The number of benzene rings is 1. The number of thioether (sulfide) groups is 1. The van der Waals surface area contributed by atoms with Gasteiger partial charge in [-0.2, -0.15) is 0 Å². The average Bonchev–Trinajstić information content (AvgIpc) is 2.38. The van der Waals surface area contributed by atoms with Crippen molar-refractivity contribution in [3.63, 3.8) is 0 Å². The van der Waals surface area contributed by atoms with Gasteiger partial charge >= 0.3 is 0 Å². The molecule has 1 aromatic rings. The summed E-state index contributed by atoms with van der Waals surface area (Å²) < 4.78 is 0. The molecule has 0 spiro atoms. The smallest absolute Gasteiger partial charge is 0.233 e. The van der Waals surface area contributed by atoms with E-state index in [2.05, 4.69) is 10.6 Å². The van der Waals surface area contributed by atoms with Gasteiger partial charge in [-0.25, -0.2) is 0 Å². The Kier molecular flexibility index (Phi) is 9.27. The van der Waals surface area contributed by atoms with Crippen molar-refractivity contribution < 1.29 is 4.79 Å². The van der Waals surface area contributed by atoms with E-state index in [1.54, 1.807) is 0 Å². The summed E-state index contributed by atoms with van der Waals surface area (Å²) in [4.78, 5) is 12.8. The number of likely N-dealkylation sites (N-methyl/N-ethyl adjacent to an activating group) is 1. The second-order valence-corrected chi connectivity index (χ2v) is 5.92. The molecule has 0 saturated carbocycles. The van der Waals surface area contributed by atoms with Gasteiger partial charge < -0.3 is 10.6 Å². The Morgan fingerprint density at radius 3 is 2.58 bits per heavy atom. The van der Waals surface area contributed by atoms with Crippen molar-refractivity contribution in [1.29, 1.82) is 0 Å². The average molecular weight is 323 g/mol. The van der Waals surface area contributed by atoms with E-state index in [1.165, 1.54) is 11.8 Å². The van der Waals surface area contributed by atoms with Gasteiger partial charge in [0.05, 0.1) is 10.3 Å². The number of nitrogens with one attached hydrogen (secondary N) is 2. The fourth-order valence-corrected chi connectivity index (χ4v) is 2.46. The second kappa shape index (κ2) is 9.48. The number of hydrogen-bond donors (Lipinski definition) is 2. The molecule has 0 aliphatic heterocycles. The highest BCUT2D eigenvalue weighted by Crippen LogP contribution is 2.29. The second-order valence-electron chi connectivity index (χ2n) is 4.13. The number of hydrogen-bond acceptors (Lipinski definition) is 3. The van der Waals surface area contributed by atoms with Crippen molar-refractivity contribution in [1.82, 2.24) is 10.6 Å². The number of carbonyl (C=O) groups excluding carboxylic acids is 1. The fraction of sp³-hybridized carbons (Fsp3) is 0.462. The van der Waals surface area contributed by atoms with Gasteiger partial charge in [0, 0.05) is 17.5 Å². The molecule has 2 unspecified atom stereocenters. The maximum absolute atomic E-state index is 11.9. The number of rotatable bonds is 6. The minimum atomic E-state index is -0.158. The molecule has 0 aliphatic carbocycles. The van der Waals surface area contributed by atoms with E-state index in [9.17, 15) is 4.79 Å². The fourth-order valence-electron chi connectivity index (χ4n) is 1.28. The van der Waals surface area contributed by atoms with E-state index in [4.69, 9.17) is 11.6 Å². The summed E-state index contributed by atoms with van der Waals surface area (Å²) in [5.41, 5.74) is 0. The van der Waals surface area contributed by atoms with Crippen molar-refractivity contribution >= 4 is 41.7 Å². The monoisotopic (exact) mass is 322 g/mol. The van der Waals surface area contributed by atoms with Gasteiger partial charge in [-0.1, -0.05) is 23.7 Å². The Morgan fingerprint density at radius 2 is 2.00 bits per heavy atom. The summed E-state index contributed by atoms with van der Waals surface area (Å²) >= 11 is 7.53. The molecule has 2 N–H and O–H groups in total. The van der Waals surface area contributed by atoms with Crippen LogP contribution in [0.5, 0.6) is 0 Å². The molecule has 6 heteroatoms. The minimum absolute atomic E-state index is 0. The zero-order valence-corrected chi connectivity index (χ0v) is 13.7. The predicted octanol–water partition coefficient (Wildman–Crippen LogP) is 2.97. The summed E-state index contributed by atoms with van der Waals surface area (Å²) in [6, 6.07) is 7.82. The van der Waals surface area contributed by atoms with Gasteiger partial charge in [0.25, 0.3) is 0 Å². The summed E-state index contributed by atoms with van der Waals surface area (Å²) in [6.45, 7) is 4.53. The zero-order chi connectivity index (χ0) is 13.5. The molecule has 19 heavy (non-hydrogen) atoms. The molecule has 0 aromatic heterocycles. The van der Waals surface area contributed by atoms with E-state index < -0.39 is 0 Å². The lowest BCUT2D eigenvalue weighted by molar-refractivity contribution is -0.120. The molecule has 0 fully saturated rings. The molecule has 1 amide bonds. The van der Waals surface area contributed by atoms with Gasteiger partial charge in [0.15, 0.2) is 0 Å². The number of amides is 1. The predicted molar refractivity (Wildman–Crippen MR) is 85.6 cm³/mol. The third-order valence-electron chi connectivity index (χ3n) is 2.58.